The lowest BCUT2D eigenvalue weighted by Crippen LogP contribution is -2.26. The molecule has 2 rings (SSSR count). The van der Waals surface area contributed by atoms with Crippen LogP contribution in [0.2, 0.25) is 0 Å². The van der Waals surface area contributed by atoms with E-state index in [4.69, 9.17) is 0 Å². The molecule has 0 atom stereocenters. The summed E-state index contributed by atoms with van der Waals surface area (Å²) in [6.07, 6.45) is 1.97. The fourth-order valence-electron chi connectivity index (χ4n) is 1.73. The first-order valence-corrected chi connectivity index (χ1v) is 5.00. The summed E-state index contributed by atoms with van der Waals surface area (Å²) in [5, 5.41) is 4.39. The molecule has 0 unspecified atom stereocenters. The fraction of sp³-hybridized carbons (Fsp3) is 0.600. The summed E-state index contributed by atoms with van der Waals surface area (Å²) in [6, 6.07) is 0. The van der Waals surface area contributed by atoms with E-state index in [9.17, 15) is 4.79 Å². The largest absolute Gasteiger partial charge is 0.347 e. The molecule has 1 amide bonds. The summed E-state index contributed by atoms with van der Waals surface area (Å²) in [5.74, 6) is 0.0736. The summed E-state index contributed by atoms with van der Waals surface area (Å²) in [4.78, 5) is 15.2. The van der Waals surface area contributed by atoms with Crippen LogP contribution in [-0.2, 0) is 24.4 Å². The quantitative estimate of drug-likeness (QED) is 0.682. The van der Waals surface area contributed by atoms with E-state index in [0.717, 1.165) is 18.8 Å². The van der Waals surface area contributed by atoms with Crippen LogP contribution in [0.5, 0.6) is 0 Å². The third-order valence-electron chi connectivity index (χ3n) is 2.58. The zero-order valence-corrected chi connectivity index (χ0v) is 9.40. The smallest absolute Gasteiger partial charge is 0.243 e. The van der Waals surface area contributed by atoms with Gasteiger partial charge in [-0.1, -0.05) is 0 Å². The lowest BCUT2D eigenvalue weighted by molar-refractivity contribution is -0.129. The Morgan fingerprint density at radius 1 is 1.53 bits per heavy atom. The van der Waals surface area contributed by atoms with Gasteiger partial charge in [0, 0.05) is 38.9 Å². The second-order valence-corrected chi connectivity index (χ2v) is 4.26. The predicted octanol–water partition coefficient (Wildman–Crippen LogP) is -0.0833. The number of hydrogen-bond acceptors (Lipinski definition) is 3. The minimum Gasteiger partial charge on any atom is -0.347 e. The maximum Gasteiger partial charge on any atom is 0.243 e. The highest BCUT2D eigenvalue weighted by molar-refractivity contribution is 5.75. The maximum atomic E-state index is 11.5. The Kier molecular flexibility index (Phi) is 2.48. The Labute approximate surface area is 89.3 Å². The maximum absolute atomic E-state index is 11.5. The van der Waals surface area contributed by atoms with Gasteiger partial charge in [-0.05, 0) is 7.05 Å². The average Bonchev–Trinajstić information content (AvgIpc) is 2.60. The number of carbonyl (C=O) groups is 1. The first-order chi connectivity index (χ1) is 7.06. The van der Waals surface area contributed by atoms with Crippen molar-refractivity contribution < 1.29 is 4.79 Å². The van der Waals surface area contributed by atoms with Crippen LogP contribution in [-0.4, -0.2) is 46.6 Å². The van der Waals surface area contributed by atoms with Gasteiger partial charge in [-0.25, -0.2) is 0 Å². The van der Waals surface area contributed by atoms with E-state index in [1.165, 1.54) is 5.56 Å². The van der Waals surface area contributed by atoms with Crippen LogP contribution in [0.25, 0.3) is 0 Å². The van der Waals surface area contributed by atoms with Gasteiger partial charge in [-0.15, -0.1) is 0 Å². The molecule has 0 N–H and O–H groups in total. The molecule has 0 saturated heterocycles. The van der Waals surface area contributed by atoms with Crippen molar-refractivity contribution in [3.63, 3.8) is 0 Å². The van der Waals surface area contributed by atoms with Crippen LogP contribution < -0.4 is 0 Å². The van der Waals surface area contributed by atoms with Crippen molar-refractivity contribution in [2.75, 3.05) is 21.1 Å². The summed E-state index contributed by atoms with van der Waals surface area (Å²) in [7, 11) is 5.58. The highest BCUT2D eigenvalue weighted by Gasteiger charge is 2.20. The van der Waals surface area contributed by atoms with E-state index >= 15 is 0 Å². The third-order valence-corrected chi connectivity index (χ3v) is 2.58. The Balaban J connectivity index is 2.07. The lowest BCUT2D eigenvalue weighted by Gasteiger charge is -2.10. The van der Waals surface area contributed by atoms with Gasteiger partial charge in [0.15, 0.2) is 0 Å². The number of hydrogen-bond donors (Lipinski definition) is 0. The molecule has 2 heterocycles. The molecule has 0 radical (unpaired) electrons. The van der Waals surface area contributed by atoms with E-state index < -0.39 is 0 Å². The summed E-state index contributed by atoms with van der Waals surface area (Å²) >= 11 is 0. The molecule has 1 aromatic heterocycles. The molecule has 0 aliphatic carbocycles. The van der Waals surface area contributed by atoms with Crippen molar-refractivity contribution in [1.29, 1.82) is 0 Å². The van der Waals surface area contributed by atoms with E-state index in [-0.39, 0.29) is 5.91 Å². The molecule has 15 heavy (non-hydrogen) atoms. The molecule has 0 saturated carbocycles. The Bertz CT molecular complexity index is 359. The van der Waals surface area contributed by atoms with Crippen LogP contribution in [0.1, 0.15) is 11.3 Å². The molecule has 0 aromatic carbocycles. The van der Waals surface area contributed by atoms with Gasteiger partial charge >= 0.3 is 0 Å². The predicted molar refractivity (Wildman–Crippen MR) is 56.1 cm³/mol. The lowest BCUT2D eigenvalue weighted by atomic mass is 10.3. The van der Waals surface area contributed by atoms with Crippen LogP contribution in [0.4, 0.5) is 0 Å². The molecule has 1 aliphatic heterocycles. The van der Waals surface area contributed by atoms with Crippen molar-refractivity contribution in [1.82, 2.24) is 19.6 Å². The highest BCUT2D eigenvalue weighted by atomic mass is 16.2. The standard InChI is InChI=1S/C10H16N4O/c1-12(2)10(15)7-14-5-8-4-13(3)6-9(8)11-14/h5H,4,6-7H2,1-3H3. The van der Waals surface area contributed by atoms with Crippen LogP contribution in [0.15, 0.2) is 6.20 Å². The van der Waals surface area contributed by atoms with Crippen molar-refractivity contribution in [3.8, 4) is 0 Å². The molecular formula is C10H16N4O. The number of nitrogens with zero attached hydrogens (tertiary/aromatic N) is 4. The van der Waals surface area contributed by atoms with Gasteiger partial charge in [-0.2, -0.15) is 5.10 Å². The van der Waals surface area contributed by atoms with Crippen LogP contribution >= 0.6 is 0 Å². The number of fused-ring (bicyclic) bond motifs is 1. The highest BCUT2D eigenvalue weighted by Crippen LogP contribution is 2.19. The summed E-state index contributed by atoms with van der Waals surface area (Å²) < 4.78 is 1.74. The topological polar surface area (TPSA) is 41.4 Å². The van der Waals surface area contributed by atoms with E-state index in [2.05, 4.69) is 17.0 Å². The van der Waals surface area contributed by atoms with Gasteiger partial charge < -0.3 is 4.90 Å². The van der Waals surface area contributed by atoms with Crippen molar-refractivity contribution >= 4 is 5.91 Å². The molecule has 0 bridgehead atoms. The van der Waals surface area contributed by atoms with Gasteiger partial charge in [0.25, 0.3) is 0 Å². The minimum atomic E-state index is 0.0736. The number of rotatable bonds is 2. The second kappa shape index (κ2) is 3.66. The van der Waals surface area contributed by atoms with E-state index in [0.29, 0.717) is 6.54 Å². The zero-order valence-electron chi connectivity index (χ0n) is 9.40. The average molecular weight is 208 g/mol. The molecule has 0 spiro atoms. The van der Waals surface area contributed by atoms with Crippen molar-refractivity contribution in [2.45, 2.75) is 19.6 Å². The van der Waals surface area contributed by atoms with Gasteiger partial charge in [-0.3, -0.25) is 14.4 Å². The Morgan fingerprint density at radius 2 is 2.27 bits per heavy atom. The SMILES string of the molecule is CN1Cc2cn(CC(=O)N(C)C)nc2C1. The fourth-order valence-corrected chi connectivity index (χ4v) is 1.73. The van der Waals surface area contributed by atoms with E-state index in [1.54, 1.807) is 23.7 Å². The van der Waals surface area contributed by atoms with Crippen LogP contribution in [0.3, 0.4) is 0 Å². The summed E-state index contributed by atoms with van der Waals surface area (Å²) in [6.45, 7) is 2.16. The number of carbonyl (C=O) groups excluding carboxylic acids is 1. The zero-order chi connectivity index (χ0) is 11.0. The monoisotopic (exact) mass is 208 g/mol. The number of amides is 1. The van der Waals surface area contributed by atoms with Crippen LogP contribution in [0, 0.1) is 0 Å². The third kappa shape index (κ3) is 2.02. The van der Waals surface area contributed by atoms with Crippen molar-refractivity contribution in [3.05, 3.63) is 17.5 Å². The second-order valence-electron chi connectivity index (χ2n) is 4.26. The molecule has 1 aromatic rings. The summed E-state index contributed by atoms with van der Waals surface area (Å²) in [5.41, 5.74) is 2.34. The molecule has 5 heteroatoms. The molecule has 5 nitrogen and oxygen atoms in total. The Morgan fingerprint density at radius 3 is 2.87 bits per heavy atom. The minimum absolute atomic E-state index is 0.0736. The van der Waals surface area contributed by atoms with E-state index in [1.807, 2.05) is 6.20 Å². The normalized spacial score (nSPS) is 15.4. The number of aromatic nitrogens is 2. The molecule has 82 valence electrons. The molecule has 1 aliphatic rings. The first-order valence-electron chi connectivity index (χ1n) is 5.00. The van der Waals surface area contributed by atoms with Gasteiger partial charge in [0.2, 0.25) is 5.91 Å². The number of likely N-dealkylation sites (N-methyl/N-ethyl adjacent to an activating group) is 1. The van der Waals surface area contributed by atoms with Gasteiger partial charge in [0.05, 0.1) is 5.69 Å². The Hall–Kier alpha value is -1.36. The molecule has 0 fully saturated rings. The first kappa shape index (κ1) is 10.2. The van der Waals surface area contributed by atoms with Crippen molar-refractivity contribution in [2.24, 2.45) is 0 Å². The molecular weight excluding hydrogens is 192 g/mol. The van der Waals surface area contributed by atoms with Gasteiger partial charge in [0.1, 0.15) is 6.54 Å².